The molecular formula is C24H31Cl2N5O. The van der Waals surface area contributed by atoms with Gasteiger partial charge in [-0.25, -0.2) is 9.97 Å². The first-order chi connectivity index (χ1) is 15.2. The molecule has 3 rings (SSSR count). The van der Waals surface area contributed by atoms with E-state index in [1.54, 1.807) is 6.07 Å². The first kappa shape index (κ1) is 25.7. The number of hydrogen-bond acceptors (Lipinski definition) is 4. The number of fused-ring (bicyclic) bond motifs is 1. The SMILES string of the molecule is C=C(CC(NC(=O)CC)c1nc2nc(C)ccc2[nH]1)NCc1cc(Cl)cc(Cl)c1.CCC. The van der Waals surface area contributed by atoms with Crippen LogP contribution >= 0.6 is 23.2 Å². The molecule has 0 aliphatic heterocycles. The van der Waals surface area contributed by atoms with Gasteiger partial charge in [0.25, 0.3) is 0 Å². The molecule has 0 bridgehead atoms. The fourth-order valence-corrected chi connectivity index (χ4v) is 3.51. The van der Waals surface area contributed by atoms with Gasteiger partial charge in [-0.05, 0) is 42.8 Å². The summed E-state index contributed by atoms with van der Waals surface area (Å²) in [5.74, 6) is 0.586. The predicted octanol–water partition coefficient (Wildman–Crippen LogP) is 6.25. The third-order valence-corrected chi connectivity index (χ3v) is 4.84. The van der Waals surface area contributed by atoms with E-state index in [-0.39, 0.29) is 11.9 Å². The van der Waals surface area contributed by atoms with Gasteiger partial charge in [0, 0.05) is 40.8 Å². The van der Waals surface area contributed by atoms with Crippen LogP contribution in [0.3, 0.4) is 0 Å². The zero-order valence-corrected chi connectivity index (χ0v) is 20.6. The largest absolute Gasteiger partial charge is 0.385 e. The first-order valence-corrected chi connectivity index (χ1v) is 11.5. The van der Waals surface area contributed by atoms with Crippen molar-refractivity contribution < 1.29 is 4.79 Å². The fraction of sp³-hybridized carbons (Fsp3) is 0.375. The van der Waals surface area contributed by atoms with Gasteiger partial charge in [-0.1, -0.05) is 57.0 Å². The van der Waals surface area contributed by atoms with Gasteiger partial charge in [0.1, 0.15) is 5.82 Å². The number of amides is 1. The summed E-state index contributed by atoms with van der Waals surface area (Å²) in [5, 5.41) is 7.43. The number of carbonyl (C=O) groups is 1. The van der Waals surface area contributed by atoms with Crippen LogP contribution in [0.1, 0.15) is 63.2 Å². The van der Waals surface area contributed by atoms with Crippen molar-refractivity contribution in [3.63, 3.8) is 0 Å². The minimum atomic E-state index is -0.347. The van der Waals surface area contributed by atoms with E-state index in [1.807, 2.05) is 38.1 Å². The lowest BCUT2D eigenvalue weighted by atomic mass is 10.1. The molecule has 32 heavy (non-hydrogen) atoms. The van der Waals surface area contributed by atoms with Crippen molar-refractivity contribution in [3.05, 3.63) is 69.7 Å². The molecule has 0 aliphatic rings. The number of pyridine rings is 1. The zero-order valence-electron chi connectivity index (χ0n) is 19.1. The predicted molar refractivity (Wildman–Crippen MR) is 133 cm³/mol. The van der Waals surface area contributed by atoms with Gasteiger partial charge in [-0.2, -0.15) is 0 Å². The van der Waals surface area contributed by atoms with Crippen LogP contribution in [0.5, 0.6) is 0 Å². The topological polar surface area (TPSA) is 82.7 Å². The van der Waals surface area contributed by atoms with Gasteiger partial charge in [0.05, 0.1) is 11.6 Å². The first-order valence-electron chi connectivity index (χ1n) is 10.7. The number of imidazole rings is 1. The van der Waals surface area contributed by atoms with E-state index < -0.39 is 0 Å². The summed E-state index contributed by atoms with van der Waals surface area (Å²) >= 11 is 12.1. The molecule has 0 spiro atoms. The quantitative estimate of drug-likeness (QED) is 0.359. The Hall–Kier alpha value is -2.57. The number of halogens is 2. The number of carbonyl (C=O) groups excluding carboxylic acids is 1. The Kier molecular flexibility index (Phi) is 10.0. The van der Waals surface area contributed by atoms with Crippen LogP contribution in [0, 0.1) is 6.92 Å². The second-order valence-electron chi connectivity index (χ2n) is 7.57. The van der Waals surface area contributed by atoms with Crippen LogP contribution in [-0.2, 0) is 11.3 Å². The van der Waals surface area contributed by atoms with E-state index in [4.69, 9.17) is 23.2 Å². The molecule has 0 aliphatic carbocycles. The van der Waals surface area contributed by atoms with E-state index in [0.29, 0.717) is 40.9 Å². The lowest BCUT2D eigenvalue weighted by Crippen LogP contribution is -2.30. The van der Waals surface area contributed by atoms with E-state index in [9.17, 15) is 4.79 Å². The molecule has 3 N–H and O–H groups in total. The average molecular weight is 476 g/mol. The highest BCUT2D eigenvalue weighted by Gasteiger charge is 2.19. The molecule has 8 heteroatoms. The summed E-state index contributed by atoms with van der Waals surface area (Å²) in [6.07, 6.45) is 2.11. The highest BCUT2D eigenvalue weighted by Crippen LogP contribution is 2.22. The van der Waals surface area contributed by atoms with E-state index >= 15 is 0 Å². The Labute approximate surface area is 199 Å². The second kappa shape index (κ2) is 12.5. The number of nitrogens with zero attached hydrogens (tertiary/aromatic N) is 2. The molecule has 1 aromatic carbocycles. The van der Waals surface area contributed by atoms with Crippen molar-refractivity contribution in [2.75, 3.05) is 0 Å². The molecule has 2 heterocycles. The van der Waals surface area contributed by atoms with Gasteiger partial charge in [-0.15, -0.1) is 0 Å². The summed E-state index contributed by atoms with van der Waals surface area (Å²) < 4.78 is 0. The number of aryl methyl sites for hydroxylation is 1. The Balaban J connectivity index is 0.00000114. The van der Waals surface area contributed by atoms with Gasteiger partial charge < -0.3 is 15.6 Å². The maximum absolute atomic E-state index is 12.1. The molecule has 3 aromatic rings. The maximum atomic E-state index is 12.1. The molecule has 1 amide bonds. The van der Waals surface area contributed by atoms with Gasteiger partial charge in [0.2, 0.25) is 5.91 Å². The molecule has 1 unspecified atom stereocenters. The Morgan fingerprint density at radius 2 is 1.78 bits per heavy atom. The van der Waals surface area contributed by atoms with Crippen molar-refractivity contribution in [2.24, 2.45) is 0 Å². The number of aromatic nitrogens is 3. The van der Waals surface area contributed by atoms with Crippen LogP contribution in [0.2, 0.25) is 10.0 Å². The molecule has 172 valence electrons. The van der Waals surface area contributed by atoms with Crippen LogP contribution in [0.25, 0.3) is 11.2 Å². The summed E-state index contributed by atoms with van der Waals surface area (Å²) in [5.41, 5.74) is 4.04. The summed E-state index contributed by atoms with van der Waals surface area (Å²) in [6.45, 7) is 12.6. The molecule has 0 saturated heterocycles. The Morgan fingerprint density at radius 1 is 1.12 bits per heavy atom. The third kappa shape index (κ3) is 7.84. The van der Waals surface area contributed by atoms with Crippen LogP contribution in [-0.4, -0.2) is 20.9 Å². The van der Waals surface area contributed by atoms with Crippen LogP contribution in [0.15, 0.2) is 42.6 Å². The molecule has 0 radical (unpaired) electrons. The van der Waals surface area contributed by atoms with E-state index in [0.717, 1.165) is 22.5 Å². The average Bonchev–Trinajstić information content (AvgIpc) is 3.14. The number of H-pyrrole nitrogens is 1. The zero-order chi connectivity index (χ0) is 23.7. The monoisotopic (exact) mass is 475 g/mol. The fourth-order valence-electron chi connectivity index (χ4n) is 2.94. The highest BCUT2D eigenvalue weighted by atomic mass is 35.5. The molecule has 0 saturated carbocycles. The lowest BCUT2D eigenvalue weighted by molar-refractivity contribution is -0.121. The number of rotatable bonds is 8. The van der Waals surface area contributed by atoms with Gasteiger partial charge in [0.15, 0.2) is 5.65 Å². The standard InChI is InChI=1S/C21H23Cl2N5O.C3H8/c1-4-19(29)26-18(21-27-17-6-5-12(2)25-20(17)28-21)7-13(3)24-11-14-8-15(22)10-16(23)9-14;1-3-2/h5-6,8-10,18,24H,3-4,7,11H2,1-2H3,(H,26,29)(H,25,27,28);3H2,1-2H3. The smallest absolute Gasteiger partial charge is 0.220 e. The molecule has 6 nitrogen and oxygen atoms in total. The van der Waals surface area contributed by atoms with Crippen molar-refractivity contribution in [1.29, 1.82) is 0 Å². The summed E-state index contributed by atoms with van der Waals surface area (Å²) in [4.78, 5) is 24.3. The van der Waals surface area contributed by atoms with Crippen molar-refractivity contribution >= 4 is 40.3 Å². The van der Waals surface area contributed by atoms with Crippen molar-refractivity contribution in [1.82, 2.24) is 25.6 Å². The number of hydrogen-bond donors (Lipinski definition) is 3. The Bertz CT molecular complexity index is 1040. The van der Waals surface area contributed by atoms with Gasteiger partial charge >= 0.3 is 0 Å². The van der Waals surface area contributed by atoms with Crippen molar-refractivity contribution in [2.45, 2.75) is 59.5 Å². The normalized spacial score (nSPS) is 11.4. The highest BCUT2D eigenvalue weighted by molar-refractivity contribution is 6.34. The lowest BCUT2D eigenvalue weighted by Gasteiger charge is -2.19. The Morgan fingerprint density at radius 3 is 2.41 bits per heavy atom. The van der Waals surface area contributed by atoms with Crippen LogP contribution in [0.4, 0.5) is 0 Å². The molecule has 2 aromatic heterocycles. The number of benzene rings is 1. The van der Waals surface area contributed by atoms with E-state index in [2.05, 4.69) is 46.0 Å². The molecule has 0 fully saturated rings. The summed E-state index contributed by atoms with van der Waals surface area (Å²) in [7, 11) is 0. The van der Waals surface area contributed by atoms with Gasteiger partial charge in [-0.3, -0.25) is 4.79 Å². The van der Waals surface area contributed by atoms with Crippen LogP contribution < -0.4 is 10.6 Å². The maximum Gasteiger partial charge on any atom is 0.220 e. The van der Waals surface area contributed by atoms with Crippen molar-refractivity contribution in [3.8, 4) is 0 Å². The van der Waals surface area contributed by atoms with E-state index in [1.165, 1.54) is 6.42 Å². The molecular weight excluding hydrogens is 445 g/mol. The second-order valence-corrected chi connectivity index (χ2v) is 8.44. The minimum Gasteiger partial charge on any atom is -0.385 e. The number of nitrogens with one attached hydrogen (secondary N) is 3. The molecule has 1 atom stereocenters. The number of aromatic amines is 1. The minimum absolute atomic E-state index is 0.0611. The third-order valence-electron chi connectivity index (χ3n) is 4.41. The summed E-state index contributed by atoms with van der Waals surface area (Å²) in [6, 6.07) is 8.88.